The molecule has 0 aliphatic heterocycles. The fourth-order valence-corrected chi connectivity index (χ4v) is 3.59. The molecule has 0 bridgehead atoms. The zero-order chi connectivity index (χ0) is 20.1. The van der Waals surface area contributed by atoms with Gasteiger partial charge in [0.2, 0.25) is 5.91 Å². The topological polar surface area (TPSA) is 64.1 Å². The van der Waals surface area contributed by atoms with Gasteiger partial charge in [-0.15, -0.1) is 11.3 Å². The number of anilines is 1. The van der Waals surface area contributed by atoms with Gasteiger partial charge < -0.3 is 10.1 Å². The van der Waals surface area contributed by atoms with E-state index in [2.05, 4.69) is 15.3 Å². The molecule has 3 rings (SSSR count). The Hall–Kier alpha value is -2.59. The van der Waals surface area contributed by atoms with E-state index in [-0.39, 0.29) is 16.6 Å². The number of carbonyl (C=O) groups excluding carboxylic acids is 1. The second-order valence-electron chi connectivity index (χ2n) is 5.43. The van der Waals surface area contributed by atoms with Crippen LogP contribution in [0.4, 0.5) is 18.9 Å². The van der Waals surface area contributed by atoms with Crippen molar-refractivity contribution < 1.29 is 22.7 Å². The lowest BCUT2D eigenvalue weighted by Crippen LogP contribution is -2.15. The van der Waals surface area contributed by atoms with Gasteiger partial charge in [-0.3, -0.25) is 4.79 Å². The average Bonchev–Trinajstić information content (AvgIpc) is 3.21. The Labute approximate surface area is 167 Å². The molecule has 0 saturated carbocycles. The highest BCUT2D eigenvalue weighted by Gasteiger charge is 2.34. The molecule has 0 aliphatic carbocycles. The maximum atomic E-state index is 13.2. The van der Waals surface area contributed by atoms with Crippen LogP contribution in [-0.4, -0.2) is 28.7 Å². The van der Waals surface area contributed by atoms with E-state index < -0.39 is 17.8 Å². The van der Waals surface area contributed by atoms with Crippen molar-refractivity contribution in [2.45, 2.75) is 11.3 Å². The number of benzene rings is 1. The molecular formula is C18H14F3N3O2S2. The average molecular weight is 425 g/mol. The first kappa shape index (κ1) is 20.2. The summed E-state index contributed by atoms with van der Waals surface area (Å²) < 4.78 is 44.7. The van der Waals surface area contributed by atoms with Crippen molar-refractivity contribution in [2.75, 3.05) is 18.2 Å². The highest BCUT2D eigenvalue weighted by Crippen LogP contribution is 2.33. The van der Waals surface area contributed by atoms with Crippen molar-refractivity contribution in [1.29, 1.82) is 0 Å². The van der Waals surface area contributed by atoms with Gasteiger partial charge in [0, 0.05) is 0 Å². The molecule has 0 fully saturated rings. The van der Waals surface area contributed by atoms with Crippen molar-refractivity contribution in [2.24, 2.45) is 0 Å². The van der Waals surface area contributed by atoms with Crippen molar-refractivity contribution in [3.05, 3.63) is 53.5 Å². The van der Waals surface area contributed by atoms with Crippen LogP contribution in [0, 0.1) is 0 Å². The summed E-state index contributed by atoms with van der Waals surface area (Å²) in [5.74, 6) is -0.0761. The van der Waals surface area contributed by atoms with Crippen LogP contribution < -0.4 is 10.1 Å². The van der Waals surface area contributed by atoms with Crippen LogP contribution in [0.2, 0.25) is 0 Å². The highest BCUT2D eigenvalue weighted by atomic mass is 32.2. The van der Waals surface area contributed by atoms with E-state index in [9.17, 15) is 18.0 Å². The normalized spacial score (nSPS) is 11.3. The molecule has 3 aromatic rings. The first-order chi connectivity index (χ1) is 13.4. The SMILES string of the molecule is COc1ccccc1NC(=O)CSc1nc(-c2cccs2)cc(C(F)(F)F)n1. The highest BCUT2D eigenvalue weighted by molar-refractivity contribution is 7.99. The summed E-state index contributed by atoms with van der Waals surface area (Å²) in [6.07, 6.45) is -4.61. The second-order valence-corrected chi connectivity index (χ2v) is 7.32. The lowest BCUT2D eigenvalue weighted by molar-refractivity contribution is -0.141. The summed E-state index contributed by atoms with van der Waals surface area (Å²) in [6, 6.07) is 11.1. The number of alkyl halides is 3. The molecular weight excluding hydrogens is 411 g/mol. The number of carbonyl (C=O) groups is 1. The minimum Gasteiger partial charge on any atom is -0.495 e. The fraction of sp³-hybridized carbons (Fsp3) is 0.167. The van der Waals surface area contributed by atoms with Crippen LogP contribution in [0.3, 0.4) is 0 Å². The molecule has 1 aromatic carbocycles. The number of amides is 1. The fourth-order valence-electron chi connectivity index (χ4n) is 2.25. The first-order valence-corrected chi connectivity index (χ1v) is 9.79. The molecule has 1 N–H and O–H groups in total. The third-order valence-corrected chi connectivity index (χ3v) is 5.22. The number of thioether (sulfide) groups is 1. The maximum Gasteiger partial charge on any atom is 0.433 e. The van der Waals surface area contributed by atoms with Gasteiger partial charge in [-0.2, -0.15) is 13.2 Å². The molecule has 0 saturated heterocycles. The Morgan fingerprint density at radius 3 is 2.68 bits per heavy atom. The lowest BCUT2D eigenvalue weighted by Gasteiger charge is -2.11. The van der Waals surface area contributed by atoms with Crippen LogP contribution in [0.1, 0.15) is 5.69 Å². The summed E-state index contributed by atoms with van der Waals surface area (Å²) in [4.78, 5) is 20.5. The Balaban J connectivity index is 1.76. The minimum atomic E-state index is -4.61. The number of methoxy groups -OCH3 is 1. The molecule has 2 heterocycles. The molecule has 5 nitrogen and oxygen atoms in total. The lowest BCUT2D eigenvalue weighted by atomic mass is 10.3. The van der Waals surface area contributed by atoms with E-state index in [4.69, 9.17) is 4.74 Å². The Kier molecular flexibility index (Phi) is 6.20. The largest absolute Gasteiger partial charge is 0.495 e. The van der Waals surface area contributed by atoms with Gasteiger partial charge in [0.05, 0.1) is 29.1 Å². The van der Waals surface area contributed by atoms with E-state index in [1.807, 2.05) is 0 Å². The first-order valence-electron chi connectivity index (χ1n) is 7.92. The van der Waals surface area contributed by atoms with Crippen LogP contribution in [0.15, 0.2) is 53.0 Å². The number of rotatable bonds is 6. The number of halogens is 3. The van der Waals surface area contributed by atoms with E-state index in [1.165, 1.54) is 18.4 Å². The van der Waals surface area contributed by atoms with Crippen LogP contribution >= 0.6 is 23.1 Å². The number of nitrogens with zero attached hydrogens (tertiary/aromatic N) is 2. The molecule has 0 unspecified atom stereocenters. The van der Waals surface area contributed by atoms with Crippen molar-refractivity contribution in [3.8, 4) is 16.3 Å². The van der Waals surface area contributed by atoms with Crippen molar-refractivity contribution >= 4 is 34.7 Å². The van der Waals surface area contributed by atoms with Crippen molar-refractivity contribution in [1.82, 2.24) is 9.97 Å². The smallest absolute Gasteiger partial charge is 0.433 e. The summed E-state index contributed by atoms with van der Waals surface area (Å²) in [5, 5.41) is 4.29. The number of ether oxygens (including phenoxy) is 1. The number of nitrogens with one attached hydrogen (secondary N) is 1. The predicted molar refractivity (Wildman–Crippen MR) is 103 cm³/mol. The minimum absolute atomic E-state index is 0.117. The van der Waals surface area contributed by atoms with E-state index >= 15 is 0 Å². The zero-order valence-electron chi connectivity index (χ0n) is 14.5. The molecule has 146 valence electrons. The predicted octanol–water partition coefficient (Wildman–Crippen LogP) is 4.96. The quantitative estimate of drug-likeness (QED) is 0.447. The summed E-state index contributed by atoms with van der Waals surface area (Å²) in [5.41, 5.74) is -0.400. The number of thiophene rings is 1. The van der Waals surface area contributed by atoms with E-state index in [0.717, 1.165) is 17.8 Å². The van der Waals surface area contributed by atoms with Crippen LogP contribution in [0.5, 0.6) is 5.75 Å². The van der Waals surface area contributed by atoms with E-state index in [1.54, 1.807) is 41.8 Å². The molecule has 0 spiro atoms. The van der Waals surface area contributed by atoms with Gasteiger partial charge in [-0.25, -0.2) is 9.97 Å². The van der Waals surface area contributed by atoms with Crippen molar-refractivity contribution in [3.63, 3.8) is 0 Å². The standard InChI is InChI=1S/C18H14F3N3O2S2/c1-26-13-6-3-2-5-11(13)22-16(25)10-28-17-23-12(14-7-4-8-27-14)9-15(24-17)18(19,20)21/h2-9H,10H2,1H3,(H,22,25). The summed E-state index contributed by atoms with van der Waals surface area (Å²) in [7, 11) is 1.47. The summed E-state index contributed by atoms with van der Waals surface area (Å²) >= 11 is 2.11. The van der Waals surface area contributed by atoms with Gasteiger partial charge in [0.15, 0.2) is 5.16 Å². The third-order valence-electron chi connectivity index (χ3n) is 3.48. The number of para-hydroxylation sites is 2. The Morgan fingerprint density at radius 2 is 2.00 bits per heavy atom. The number of aromatic nitrogens is 2. The Bertz CT molecular complexity index is 963. The molecule has 10 heteroatoms. The van der Waals surface area contributed by atoms with Crippen LogP contribution in [0.25, 0.3) is 10.6 Å². The van der Waals surface area contributed by atoms with Gasteiger partial charge in [0.1, 0.15) is 11.4 Å². The Morgan fingerprint density at radius 1 is 1.21 bits per heavy atom. The second kappa shape index (κ2) is 8.61. The van der Waals surface area contributed by atoms with Crippen LogP contribution in [-0.2, 0) is 11.0 Å². The van der Waals surface area contributed by atoms with Gasteiger partial charge in [0.25, 0.3) is 0 Å². The summed E-state index contributed by atoms with van der Waals surface area (Å²) in [6.45, 7) is 0. The molecule has 0 aliphatic rings. The third kappa shape index (κ3) is 5.02. The van der Waals surface area contributed by atoms with E-state index in [0.29, 0.717) is 16.3 Å². The molecule has 0 atom stereocenters. The van der Waals surface area contributed by atoms with Gasteiger partial charge in [-0.05, 0) is 29.6 Å². The van der Waals surface area contributed by atoms with Gasteiger partial charge in [-0.1, -0.05) is 30.0 Å². The number of hydrogen-bond acceptors (Lipinski definition) is 6. The zero-order valence-corrected chi connectivity index (χ0v) is 16.1. The molecule has 0 radical (unpaired) electrons. The maximum absolute atomic E-state index is 13.2. The molecule has 28 heavy (non-hydrogen) atoms. The van der Waals surface area contributed by atoms with Gasteiger partial charge >= 0.3 is 6.18 Å². The molecule has 1 amide bonds. The monoisotopic (exact) mass is 425 g/mol. The number of hydrogen-bond donors (Lipinski definition) is 1. The molecule has 2 aromatic heterocycles.